The van der Waals surface area contributed by atoms with Gasteiger partial charge in [-0.15, -0.1) is 0 Å². The third kappa shape index (κ3) is 3.76. The standard InChI is InChI=1S/C16H15BrO4/c1-19-15-6-4-12(8-16(15)20-2)10-21-14-5-3-11(9-18)7-13(14)17/h3-9H,10H2,1-2H3. The maximum Gasteiger partial charge on any atom is 0.161 e. The lowest BCUT2D eigenvalue weighted by Gasteiger charge is -2.11. The largest absolute Gasteiger partial charge is 0.493 e. The molecule has 0 N–H and O–H groups in total. The van der Waals surface area contributed by atoms with E-state index in [2.05, 4.69) is 15.9 Å². The van der Waals surface area contributed by atoms with Crippen molar-refractivity contribution in [2.75, 3.05) is 14.2 Å². The Morgan fingerprint density at radius 2 is 1.71 bits per heavy atom. The third-order valence-electron chi connectivity index (χ3n) is 2.93. The van der Waals surface area contributed by atoms with Crippen molar-refractivity contribution < 1.29 is 19.0 Å². The summed E-state index contributed by atoms with van der Waals surface area (Å²) in [5.74, 6) is 2.02. The molecular formula is C16H15BrO4. The lowest BCUT2D eigenvalue weighted by Crippen LogP contribution is -1.98. The van der Waals surface area contributed by atoms with E-state index in [0.29, 0.717) is 29.4 Å². The third-order valence-corrected chi connectivity index (χ3v) is 3.55. The van der Waals surface area contributed by atoms with Gasteiger partial charge in [-0.3, -0.25) is 4.79 Å². The second-order valence-electron chi connectivity index (χ2n) is 4.29. The summed E-state index contributed by atoms with van der Waals surface area (Å²) in [5, 5.41) is 0. The van der Waals surface area contributed by atoms with Crippen molar-refractivity contribution in [3.63, 3.8) is 0 Å². The molecule has 0 heterocycles. The summed E-state index contributed by atoms with van der Waals surface area (Å²) in [6.45, 7) is 0.388. The summed E-state index contributed by atoms with van der Waals surface area (Å²) >= 11 is 3.38. The zero-order chi connectivity index (χ0) is 15.2. The number of hydrogen-bond donors (Lipinski definition) is 0. The second-order valence-corrected chi connectivity index (χ2v) is 5.14. The lowest BCUT2D eigenvalue weighted by molar-refractivity contribution is 0.112. The lowest BCUT2D eigenvalue weighted by atomic mass is 10.2. The van der Waals surface area contributed by atoms with Crippen LogP contribution in [0.2, 0.25) is 0 Å². The minimum absolute atomic E-state index is 0.388. The van der Waals surface area contributed by atoms with Gasteiger partial charge < -0.3 is 14.2 Å². The van der Waals surface area contributed by atoms with Crippen LogP contribution in [-0.4, -0.2) is 20.5 Å². The van der Waals surface area contributed by atoms with Crippen LogP contribution < -0.4 is 14.2 Å². The van der Waals surface area contributed by atoms with Gasteiger partial charge in [-0.2, -0.15) is 0 Å². The average Bonchev–Trinajstić information content (AvgIpc) is 2.53. The van der Waals surface area contributed by atoms with Crippen molar-refractivity contribution in [1.29, 1.82) is 0 Å². The molecule has 0 amide bonds. The van der Waals surface area contributed by atoms with Gasteiger partial charge in [0.15, 0.2) is 11.5 Å². The van der Waals surface area contributed by atoms with Gasteiger partial charge in [0.1, 0.15) is 18.6 Å². The summed E-state index contributed by atoms with van der Waals surface area (Å²) in [4.78, 5) is 10.7. The smallest absolute Gasteiger partial charge is 0.161 e. The molecule has 0 unspecified atom stereocenters. The highest BCUT2D eigenvalue weighted by atomic mass is 79.9. The van der Waals surface area contributed by atoms with E-state index in [-0.39, 0.29) is 0 Å². The summed E-state index contributed by atoms with van der Waals surface area (Å²) in [5.41, 5.74) is 1.55. The normalized spacial score (nSPS) is 10.0. The first kappa shape index (κ1) is 15.4. The number of carbonyl (C=O) groups excluding carboxylic acids is 1. The Balaban J connectivity index is 2.11. The van der Waals surface area contributed by atoms with Crippen LogP contribution in [0.4, 0.5) is 0 Å². The minimum atomic E-state index is 0.388. The maximum absolute atomic E-state index is 10.7. The zero-order valence-electron chi connectivity index (χ0n) is 11.8. The van der Waals surface area contributed by atoms with E-state index in [4.69, 9.17) is 14.2 Å². The number of ether oxygens (including phenoxy) is 3. The van der Waals surface area contributed by atoms with E-state index in [1.54, 1.807) is 32.4 Å². The molecule has 0 spiro atoms. The molecule has 0 radical (unpaired) electrons. The van der Waals surface area contributed by atoms with Gasteiger partial charge in [0.25, 0.3) is 0 Å². The maximum atomic E-state index is 10.7. The number of rotatable bonds is 6. The van der Waals surface area contributed by atoms with Crippen LogP contribution in [0.3, 0.4) is 0 Å². The zero-order valence-corrected chi connectivity index (χ0v) is 13.3. The fourth-order valence-electron chi connectivity index (χ4n) is 1.84. The fraction of sp³-hybridized carbons (Fsp3) is 0.188. The molecule has 0 bridgehead atoms. The fourth-order valence-corrected chi connectivity index (χ4v) is 2.35. The molecule has 0 aliphatic carbocycles. The number of hydrogen-bond acceptors (Lipinski definition) is 4. The summed E-state index contributed by atoms with van der Waals surface area (Å²) in [7, 11) is 3.19. The van der Waals surface area contributed by atoms with Gasteiger partial charge >= 0.3 is 0 Å². The van der Waals surface area contributed by atoms with Gasteiger partial charge in [-0.1, -0.05) is 6.07 Å². The van der Waals surface area contributed by atoms with Crippen molar-refractivity contribution in [2.24, 2.45) is 0 Å². The first-order valence-corrected chi connectivity index (χ1v) is 7.05. The van der Waals surface area contributed by atoms with E-state index in [9.17, 15) is 4.79 Å². The van der Waals surface area contributed by atoms with Crippen molar-refractivity contribution in [1.82, 2.24) is 0 Å². The summed E-state index contributed by atoms with van der Waals surface area (Å²) in [6, 6.07) is 10.8. The van der Waals surface area contributed by atoms with E-state index in [1.807, 2.05) is 18.2 Å². The molecular weight excluding hydrogens is 336 g/mol. The Morgan fingerprint density at radius 1 is 1.00 bits per heavy atom. The van der Waals surface area contributed by atoms with E-state index >= 15 is 0 Å². The molecule has 2 aromatic rings. The number of aldehydes is 1. The van der Waals surface area contributed by atoms with E-state index in [1.165, 1.54) is 0 Å². The Bertz CT molecular complexity index is 640. The number of halogens is 1. The van der Waals surface area contributed by atoms with Gasteiger partial charge in [-0.05, 0) is 51.8 Å². The molecule has 2 rings (SSSR count). The Hall–Kier alpha value is -2.01. The molecule has 21 heavy (non-hydrogen) atoms. The topological polar surface area (TPSA) is 44.8 Å². The van der Waals surface area contributed by atoms with Crippen LogP contribution >= 0.6 is 15.9 Å². The molecule has 0 aliphatic heterocycles. The quantitative estimate of drug-likeness (QED) is 0.742. The molecule has 2 aromatic carbocycles. The van der Waals surface area contributed by atoms with Crippen molar-refractivity contribution in [3.05, 3.63) is 52.0 Å². The molecule has 0 saturated heterocycles. The molecule has 4 nitrogen and oxygen atoms in total. The molecule has 0 atom stereocenters. The van der Waals surface area contributed by atoms with Crippen LogP contribution in [0.1, 0.15) is 15.9 Å². The van der Waals surface area contributed by atoms with Crippen molar-refractivity contribution >= 4 is 22.2 Å². The number of carbonyl (C=O) groups is 1. The molecule has 0 saturated carbocycles. The SMILES string of the molecule is COc1ccc(COc2ccc(C=O)cc2Br)cc1OC. The van der Waals surface area contributed by atoms with Crippen molar-refractivity contribution in [3.8, 4) is 17.2 Å². The monoisotopic (exact) mass is 350 g/mol. The predicted octanol–water partition coefficient (Wildman–Crippen LogP) is 3.86. The Morgan fingerprint density at radius 3 is 2.33 bits per heavy atom. The van der Waals surface area contributed by atoms with Crippen LogP contribution in [-0.2, 0) is 6.61 Å². The highest BCUT2D eigenvalue weighted by Crippen LogP contribution is 2.29. The first-order valence-electron chi connectivity index (χ1n) is 6.26. The second kappa shape index (κ2) is 7.13. The van der Waals surface area contributed by atoms with Crippen LogP contribution in [0, 0.1) is 0 Å². The minimum Gasteiger partial charge on any atom is -0.493 e. The number of benzene rings is 2. The molecule has 5 heteroatoms. The van der Waals surface area contributed by atoms with Crippen LogP contribution in [0.15, 0.2) is 40.9 Å². The highest BCUT2D eigenvalue weighted by Gasteiger charge is 2.07. The van der Waals surface area contributed by atoms with E-state index < -0.39 is 0 Å². The Kier molecular flexibility index (Phi) is 5.22. The van der Waals surface area contributed by atoms with Crippen LogP contribution in [0.5, 0.6) is 17.2 Å². The van der Waals surface area contributed by atoms with Gasteiger partial charge in [-0.25, -0.2) is 0 Å². The van der Waals surface area contributed by atoms with Gasteiger partial charge in [0.05, 0.1) is 18.7 Å². The van der Waals surface area contributed by atoms with E-state index in [0.717, 1.165) is 16.3 Å². The molecule has 0 fully saturated rings. The summed E-state index contributed by atoms with van der Waals surface area (Å²) < 4.78 is 16.9. The summed E-state index contributed by atoms with van der Waals surface area (Å²) in [6.07, 6.45) is 0.795. The van der Waals surface area contributed by atoms with Gasteiger partial charge in [0, 0.05) is 5.56 Å². The molecule has 0 aromatic heterocycles. The predicted molar refractivity (Wildman–Crippen MR) is 83.4 cm³/mol. The highest BCUT2D eigenvalue weighted by molar-refractivity contribution is 9.10. The molecule has 0 aliphatic rings. The Labute approximate surface area is 131 Å². The van der Waals surface area contributed by atoms with Crippen LogP contribution in [0.25, 0.3) is 0 Å². The first-order chi connectivity index (χ1) is 10.2. The van der Waals surface area contributed by atoms with Gasteiger partial charge in [0.2, 0.25) is 0 Å². The molecule has 110 valence electrons. The van der Waals surface area contributed by atoms with Crippen molar-refractivity contribution in [2.45, 2.75) is 6.61 Å². The number of methoxy groups -OCH3 is 2. The average molecular weight is 351 g/mol.